The lowest BCUT2D eigenvalue weighted by Crippen LogP contribution is -2.12. The predicted molar refractivity (Wildman–Crippen MR) is 97.7 cm³/mol. The van der Waals surface area contributed by atoms with Crippen molar-refractivity contribution >= 4 is 17.8 Å². The van der Waals surface area contributed by atoms with Crippen molar-refractivity contribution in [2.45, 2.75) is 6.42 Å². The fraction of sp³-hybridized carbons (Fsp3) is 0.0909. The van der Waals surface area contributed by atoms with Crippen molar-refractivity contribution in [3.8, 4) is 11.1 Å². The molecule has 2 aromatic carbocycles. The minimum Gasteiger partial charge on any atom is -0.465 e. The Morgan fingerprint density at radius 2 is 1.85 bits per heavy atom. The van der Waals surface area contributed by atoms with E-state index in [-0.39, 0.29) is 12.4 Å². The molecule has 1 aliphatic rings. The molecule has 0 bridgehead atoms. The van der Waals surface area contributed by atoms with Gasteiger partial charge in [-0.1, -0.05) is 36.4 Å². The number of Topliss-reactive ketones (excluding diaryl/α,β-unsaturated/α-hetero) is 1. The van der Waals surface area contributed by atoms with Crippen molar-refractivity contribution in [1.82, 2.24) is 0 Å². The Labute approximate surface area is 150 Å². The molecule has 1 aliphatic carbocycles. The van der Waals surface area contributed by atoms with Crippen LogP contribution in [0.3, 0.4) is 0 Å². The minimum atomic E-state index is -0.582. The summed E-state index contributed by atoms with van der Waals surface area (Å²) in [6.07, 6.45) is 5.14. The molecule has 4 rings (SSSR count). The number of carbonyl (C=O) groups excluding carboxylic acids is 2. The first-order chi connectivity index (χ1) is 12.7. The Bertz CT molecular complexity index is 997. The predicted octanol–water partition coefficient (Wildman–Crippen LogP) is 4.29. The van der Waals surface area contributed by atoms with E-state index >= 15 is 0 Å². The van der Waals surface area contributed by atoms with Gasteiger partial charge in [-0.2, -0.15) is 0 Å². The lowest BCUT2D eigenvalue weighted by atomic mass is 10.0. The zero-order valence-electron chi connectivity index (χ0n) is 14.0. The van der Waals surface area contributed by atoms with Crippen LogP contribution in [0.1, 0.15) is 27.2 Å². The summed E-state index contributed by atoms with van der Waals surface area (Å²) in [5.41, 5.74) is 5.26. The van der Waals surface area contributed by atoms with E-state index in [1.54, 1.807) is 18.2 Å². The molecule has 0 N–H and O–H groups in total. The summed E-state index contributed by atoms with van der Waals surface area (Å²) >= 11 is 0. The highest BCUT2D eigenvalue weighted by Gasteiger charge is 2.19. The quantitative estimate of drug-likeness (QED) is 0.308. The zero-order valence-corrected chi connectivity index (χ0v) is 14.0. The largest absolute Gasteiger partial charge is 0.465 e. The van der Waals surface area contributed by atoms with E-state index in [2.05, 4.69) is 12.1 Å². The molecule has 0 radical (unpaired) electrons. The highest BCUT2D eigenvalue weighted by Crippen LogP contribution is 2.36. The number of hydrogen-bond donors (Lipinski definition) is 0. The molecular formula is C22H16O4. The normalized spacial score (nSPS) is 12.0. The summed E-state index contributed by atoms with van der Waals surface area (Å²) in [7, 11) is 0. The van der Waals surface area contributed by atoms with Gasteiger partial charge in [0.15, 0.2) is 12.4 Å². The summed E-state index contributed by atoms with van der Waals surface area (Å²) < 4.78 is 10.1. The van der Waals surface area contributed by atoms with Crippen molar-refractivity contribution < 1.29 is 18.7 Å². The number of furan rings is 1. The topological polar surface area (TPSA) is 56.5 Å². The maximum Gasteiger partial charge on any atom is 0.331 e. The van der Waals surface area contributed by atoms with Crippen LogP contribution in [-0.4, -0.2) is 18.4 Å². The van der Waals surface area contributed by atoms with Gasteiger partial charge < -0.3 is 9.15 Å². The van der Waals surface area contributed by atoms with Crippen LogP contribution >= 0.6 is 0 Å². The van der Waals surface area contributed by atoms with Crippen molar-refractivity contribution in [2.75, 3.05) is 6.61 Å². The molecule has 4 heteroatoms. The first-order valence-corrected chi connectivity index (χ1v) is 8.33. The number of benzene rings is 2. The third-order valence-electron chi connectivity index (χ3n) is 4.39. The second kappa shape index (κ2) is 6.84. The van der Waals surface area contributed by atoms with Crippen molar-refractivity contribution in [1.29, 1.82) is 0 Å². The number of esters is 1. The molecule has 26 heavy (non-hydrogen) atoms. The fourth-order valence-corrected chi connectivity index (χ4v) is 3.10. The molecule has 0 amide bonds. The molecule has 0 spiro atoms. The number of hydrogen-bond acceptors (Lipinski definition) is 4. The van der Waals surface area contributed by atoms with Gasteiger partial charge in [0.1, 0.15) is 5.76 Å². The first kappa shape index (κ1) is 16.1. The lowest BCUT2D eigenvalue weighted by Gasteiger charge is -2.05. The van der Waals surface area contributed by atoms with Gasteiger partial charge in [-0.3, -0.25) is 4.79 Å². The van der Waals surface area contributed by atoms with Crippen LogP contribution in [0.4, 0.5) is 0 Å². The number of carbonyl (C=O) groups is 2. The monoisotopic (exact) mass is 344 g/mol. The molecule has 0 unspecified atom stereocenters. The molecule has 0 saturated heterocycles. The van der Waals surface area contributed by atoms with E-state index in [1.165, 1.54) is 29.5 Å². The van der Waals surface area contributed by atoms with E-state index < -0.39 is 5.97 Å². The standard InChI is InChI=1S/C22H16O4/c23-21(14-26-22(24)10-9-18-5-3-11-25-18)17-8-7-16-12-15-4-1-2-6-19(15)20(16)13-17/h1-11,13H,12,14H2. The number of ether oxygens (including phenoxy) is 1. The lowest BCUT2D eigenvalue weighted by molar-refractivity contribution is -0.136. The summed E-state index contributed by atoms with van der Waals surface area (Å²) in [5, 5.41) is 0. The Morgan fingerprint density at radius 1 is 1.00 bits per heavy atom. The molecule has 0 saturated carbocycles. The molecule has 1 aromatic heterocycles. The molecule has 1 heterocycles. The highest BCUT2D eigenvalue weighted by molar-refractivity contribution is 6.00. The summed E-state index contributed by atoms with van der Waals surface area (Å²) in [6, 6.07) is 17.3. The van der Waals surface area contributed by atoms with Crippen LogP contribution in [0.5, 0.6) is 0 Å². The van der Waals surface area contributed by atoms with Crippen molar-refractivity contribution in [3.63, 3.8) is 0 Å². The van der Waals surface area contributed by atoms with Crippen LogP contribution in [0.2, 0.25) is 0 Å². The first-order valence-electron chi connectivity index (χ1n) is 8.33. The minimum absolute atomic E-state index is 0.225. The zero-order chi connectivity index (χ0) is 17.9. The van der Waals surface area contributed by atoms with Crippen LogP contribution in [0.25, 0.3) is 17.2 Å². The maximum atomic E-state index is 12.4. The molecule has 0 fully saturated rings. The van der Waals surface area contributed by atoms with Crippen LogP contribution in [-0.2, 0) is 16.0 Å². The second-order valence-corrected chi connectivity index (χ2v) is 6.09. The third kappa shape index (κ3) is 3.22. The van der Waals surface area contributed by atoms with Gasteiger partial charge in [0.25, 0.3) is 0 Å². The summed E-state index contributed by atoms with van der Waals surface area (Å²) in [6.45, 7) is -0.290. The van der Waals surface area contributed by atoms with E-state index in [1.807, 2.05) is 24.3 Å². The highest BCUT2D eigenvalue weighted by atomic mass is 16.5. The van der Waals surface area contributed by atoms with E-state index in [0.29, 0.717) is 11.3 Å². The van der Waals surface area contributed by atoms with Gasteiger partial charge in [0.05, 0.1) is 6.26 Å². The van der Waals surface area contributed by atoms with Crippen molar-refractivity contribution in [3.05, 3.63) is 89.4 Å². The molecule has 0 atom stereocenters. The fourth-order valence-electron chi connectivity index (χ4n) is 3.10. The SMILES string of the molecule is O=C(C=Cc1ccco1)OCC(=O)c1ccc2c(c1)-c1ccccc1C2. The van der Waals surface area contributed by atoms with Gasteiger partial charge in [0, 0.05) is 11.6 Å². The average molecular weight is 344 g/mol. The Hall–Kier alpha value is -3.40. The van der Waals surface area contributed by atoms with Gasteiger partial charge >= 0.3 is 5.97 Å². The second-order valence-electron chi connectivity index (χ2n) is 6.09. The molecule has 0 aliphatic heterocycles. The maximum absolute atomic E-state index is 12.4. The smallest absolute Gasteiger partial charge is 0.331 e. The molecular weight excluding hydrogens is 328 g/mol. The molecule has 3 aromatic rings. The van der Waals surface area contributed by atoms with Gasteiger partial charge in [-0.25, -0.2) is 4.79 Å². The molecule has 4 nitrogen and oxygen atoms in total. The van der Waals surface area contributed by atoms with Crippen LogP contribution in [0.15, 0.2) is 71.4 Å². The number of fused-ring (bicyclic) bond motifs is 3. The Morgan fingerprint density at radius 3 is 2.69 bits per heavy atom. The number of ketones is 1. The molecule has 128 valence electrons. The van der Waals surface area contributed by atoms with Gasteiger partial charge in [-0.15, -0.1) is 0 Å². The summed E-state index contributed by atoms with van der Waals surface area (Å²) in [4.78, 5) is 24.1. The Kier molecular flexibility index (Phi) is 4.23. The van der Waals surface area contributed by atoms with E-state index in [9.17, 15) is 9.59 Å². The number of rotatable bonds is 5. The van der Waals surface area contributed by atoms with E-state index in [0.717, 1.165) is 17.5 Å². The average Bonchev–Trinajstić information content (AvgIpc) is 3.31. The van der Waals surface area contributed by atoms with Crippen molar-refractivity contribution in [2.24, 2.45) is 0 Å². The van der Waals surface area contributed by atoms with Gasteiger partial charge in [-0.05, 0) is 52.9 Å². The summed E-state index contributed by atoms with van der Waals surface area (Å²) in [5.74, 6) is -0.260. The van der Waals surface area contributed by atoms with Crippen LogP contribution in [0, 0.1) is 0 Å². The third-order valence-corrected chi connectivity index (χ3v) is 4.39. The van der Waals surface area contributed by atoms with Crippen LogP contribution < -0.4 is 0 Å². The van der Waals surface area contributed by atoms with Gasteiger partial charge in [0.2, 0.25) is 0 Å². The van der Waals surface area contributed by atoms with E-state index in [4.69, 9.17) is 9.15 Å². The Balaban J connectivity index is 1.43.